The average Bonchev–Trinajstić information content (AvgIpc) is 2.13. The summed E-state index contributed by atoms with van der Waals surface area (Å²) in [7, 11) is 0. The van der Waals surface area contributed by atoms with Gasteiger partial charge in [-0.25, -0.2) is 4.39 Å². The van der Waals surface area contributed by atoms with E-state index >= 15 is 0 Å². The van der Waals surface area contributed by atoms with Crippen molar-refractivity contribution in [2.24, 2.45) is 5.41 Å². The summed E-state index contributed by atoms with van der Waals surface area (Å²) in [6, 6.07) is 4.09. The van der Waals surface area contributed by atoms with E-state index in [1.165, 1.54) is 18.2 Å². The summed E-state index contributed by atoms with van der Waals surface area (Å²) < 4.78 is 18.8. The third kappa shape index (κ3) is 2.84. The summed E-state index contributed by atoms with van der Waals surface area (Å²) in [4.78, 5) is 11.9. The van der Waals surface area contributed by atoms with E-state index in [9.17, 15) is 9.18 Å². The smallest absolute Gasteiger partial charge is 0.170 e. The molecule has 0 fully saturated rings. The summed E-state index contributed by atoms with van der Waals surface area (Å²) in [6.07, 6.45) is 1.03. The van der Waals surface area contributed by atoms with Crippen molar-refractivity contribution in [3.8, 4) is 5.75 Å². The Hall–Kier alpha value is -1.38. The van der Waals surface area contributed by atoms with E-state index in [-0.39, 0.29) is 23.1 Å². The lowest BCUT2D eigenvalue weighted by atomic mass is 9.86. The molecule has 17 heavy (non-hydrogen) atoms. The van der Waals surface area contributed by atoms with Crippen LogP contribution < -0.4 is 4.74 Å². The lowest BCUT2D eigenvalue weighted by Gasteiger charge is -2.30. The largest absolute Gasteiger partial charge is 0.489 e. The highest BCUT2D eigenvalue weighted by Gasteiger charge is 2.29. The van der Waals surface area contributed by atoms with Crippen LogP contribution in [0.15, 0.2) is 18.2 Å². The van der Waals surface area contributed by atoms with Crippen molar-refractivity contribution >= 4 is 5.78 Å². The number of ether oxygens (including phenoxy) is 1. The molecule has 1 unspecified atom stereocenters. The number of Topliss-reactive ketones (excluding diaryl/α,β-unsaturated/α-hetero) is 1. The highest BCUT2D eigenvalue weighted by molar-refractivity contribution is 5.99. The Labute approximate surface area is 101 Å². The van der Waals surface area contributed by atoms with Gasteiger partial charge in [-0.3, -0.25) is 4.79 Å². The van der Waals surface area contributed by atoms with Crippen molar-refractivity contribution in [1.29, 1.82) is 0 Å². The second-order valence-corrected chi connectivity index (χ2v) is 5.77. The monoisotopic (exact) mass is 236 g/mol. The molecule has 1 aromatic rings. The number of hydrogen-bond donors (Lipinski definition) is 0. The Morgan fingerprint density at radius 1 is 1.41 bits per heavy atom. The molecule has 0 saturated carbocycles. The molecule has 0 aromatic heterocycles. The molecule has 0 N–H and O–H groups in total. The van der Waals surface area contributed by atoms with Crippen LogP contribution in [0.5, 0.6) is 5.75 Å². The molecule has 1 heterocycles. The van der Waals surface area contributed by atoms with Crippen LogP contribution >= 0.6 is 0 Å². The first-order valence-electron chi connectivity index (χ1n) is 5.84. The molecule has 0 spiro atoms. The zero-order valence-electron chi connectivity index (χ0n) is 10.4. The highest BCUT2D eigenvalue weighted by Crippen LogP contribution is 2.33. The van der Waals surface area contributed by atoms with Crippen molar-refractivity contribution in [2.75, 3.05) is 0 Å². The molecule has 1 atom stereocenters. The lowest BCUT2D eigenvalue weighted by molar-refractivity contribution is 0.0775. The van der Waals surface area contributed by atoms with E-state index in [2.05, 4.69) is 20.8 Å². The molecular weight excluding hydrogens is 219 g/mol. The van der Waals surface area contributed by atoms with Crippen LogP contribution in [0.1, 0.15) is 44.0 Å². The fourth-order valence-corrected chi connectivity index (χ4v) is 2.16. The van der Waals surface area contributed by atoms with Crippen LogP contribution in [0.3, 0.4) is 0 Å². The fourth-order valence-electron chi connectivity index (χ4n) is 2.16. The van der Waals surface area contributed by atoms with Gasteiger partial charge < -0.3 is 4.74 Å². The van der Waals surface area contributed by atoms with Crippen LogP contribution in [0.25, 0.3) is 0 Å². The number of benzene rings is 1. The lowest BCUT2D eigenvalue weighted by Crippen LogP contribution is -2.30. The second kappa shape index (κ2) is 4.13. The van der Waals surface area contributed by atoms with Crippen LogP contribution in [-0.4, -0.2) is 11.9 Å². The number of carbonyl (C=O) groups is 1. The Morgan fingerprint density at radius 2 is 2.12 bits per heavy atom. The van der Waals surface area contributed by atoms with Crippen molar-refractivity contribution in [3.63, 3.8) is 0 Å². The molecule has 1 aromatic carbocycles. The maximum absolute atomic E-state index is 13.1. The Kier molecular flexibility index (Phi) is 2.94. The van der Waals surface area contributed by atoms with Gasteiger partial charge in [0, 0.05) is 12.5 Å². The number of fused-ring (bicyclic) bond motifs is 1. The molecule has 2 nitrogen and oxygen atoms in total. The third-order valence-corrected chi connectivity index (χ3v) is 2.79. The van der Waals surface area contributed by atoms with Crippen LogP contribution in [0.2, 0.25) is 0 Å². The predicted molar refractivity (Wildman–Crippen MR) is 63.8 cm³/mol. The van der Waals surface area contributed by atoms with E-state index in [1.807, 2.05) is 0 Å². The van der Waals surface area contributed by atoms with Crippen LogP contribution in [0, 0.1) is 11.2 Å². The van der Waals surface area contributed by atoms with Crippen molar-refractivity contribution in [2.45, 2.75) is 39.7 Å². The van der Waals surface area contributed by atoms with Gasteiger partial charge in [0.1, 0.15) is 17.7 Å². The summed E-state index contributed by atoms with van der Waals surface area (Å²) in [6.45, 7) is 6.30. The fraction of sp³-hybridized carbons (Fsp3) is 0.500. The number of rotatable bonds is 1. The Morgan fingerprint density at radius 3 is 2.76 bits per heavy atom. The minimum absolute atomic E-state index is 0.0421. The molecule has 1 aliphatic heterocycles. The van der Waals surface area contributed by atoms with Crippen LogP contribution in [0.4, 0.5) is 4.39 Å². The molecule has 3 heteroatoms. The van der Waals surface area contributed by atoms with Gasteiger partial charge in [-0.2, -0.15) is 0 Å². The summed E-state index contributed by atoms with van der Waals surface area (Å²) in [5, 5.41) is 0. The molecule has 2 rings (SSSR count). The van der Waals surface area contributed by atoms with Gasteiger partial charge in [0.2, 0.25) is 0 Å². The van der Waals surface area contributed by atoms with Crippen molar-refractivity contribution in [1.82, 2.24) is 0 Å². The van der Waals surface area contributed by atoms with E-state index in [4.69, 9.17) is 4.74 Å². The number of halogens is 1. The second-order valence-electron chi connectivity index (χ2n) is 5.77. The first-order valence-corrected chi connectivity index (χ1v) is 5.84. The zero-order chi connectivity index (χ0) is 12.6. The van der Waals surface area contributed by atoms with Gasteiger partial charge in [0.05, 0.1) is 5.56 Å². The quantitative estimate of drug-likeness (QED) is 0.744. The number of ketones is 1. The Bertz CT molecular complexity index is 446. The molecule has 92 valence electrons. The predicted octanol–water partition coefficient (Wildman–Crippen LogP) is 3.60. The first kappa shape index (κ1) is 12.1. The normalized spacial score (nSPS) is 19.8. The molecule has 1 aliphatic rings. The molecule has 0 radical (unpaired) electrons. The maximum atomic E-state index is 13.1. The van der Waals surface area contributed by atoms with E-state index in [0.717, 1.165) is 6.42 Å². The van der Waals surface area contributed by atoms with E-state index in [1.54, 1.807) is 0 Å². The van der Waals surface area contributed by atoms with Crippen molar-refractivity contribution in [3.05, 3.63) is 29.6 Å². The molecule has 0 aliphatic carbocycles. The van der Waals surface area contributed by atoms with Gasteiger partial charge in [-0.15, -0.1) is 0 Å². The third-order valence-electron chi connectivity index (χ3n) is 2.79. The van der Waals surface area contributed by atoms with E-state index < -0.39 is 0 Å². The van der Waals surface area contributed by atoms with Gasteiger partial charge in [0.15, 0.2) is 5.78 Å². The average molecular weight is 236 g/mol. The Balaban J connectivity index is 2.23. The minimum Gasteiger partial charge on any atom is -0.489 e. The summed E-state index contributed by atoms with van der Waals surface area (Å²) in [5.41, 5.74) is 0.590. The van der Waals surface area contributed by atoms with Gasteiger partial charge >= 0.3 is 0 Å². The standard InChI is InChI=1S/C14H17FO2/c1-14(2,3)8-10-7-12(16)11-5-4-9(15)6-13(11)17-10/h4-6,10H,7-8H2,1-3H3. The SMILES string of the molecule is CC(C)(C)CC1CC(=O)c2ccc(F)cc2O1. The number of hydrogen-bond acceptors (Lipinski definition) is 2. The molecule has 0 bridgehead atoms. The first-order chi connectivity index (χ1) is 7.85. The topological polar surface area (TPSA) is 26.3 Å². The highest BCUT2D eigenvalue weighted by atomic mass is 19.1. The summed E-state index contributed by atoms with van der Waals surface area (Å²) in [5.74, 6) is 0.0592. The van der Waals surface area contributed by atoms with Gasteiger partial charge in [0.25, 0.3) is 0 Å². The molecular formula is C14H17FO2. The van der Waals surface area contributed by atoms with Crippen molar-refractivity contribution < 1.29 is 13.9 Å². The van der Waals surface area contributed by atoms with Gasteiger partial charge in [-0.1, -0.05) is 20.8 Å². The molecule has 0 saturated heterocycles. The maximum Gasteiger partial charge on any atom is 0.170 e. The van der Waals surface area contributed by atoms with Gasteiger partial charge in [-0.05, 0) is 24.0 Å². The van der Waals surface area contributed by atoms with Crippen LogP contribution in [-0.2, 0) is 0 Å². The van der Waals surface area contributed by atoms with E-state index in [0.29, 0.717) is 17.7 Å². The zero-order valence-corrected chi connectivity index (χ0v) is 10.4. The number of carbonyl (C=O) groups excluding carboxylic acids is 1. The minimum atomic E-state index is -0.368. The summed E-state index contributed by atoms with van der Waals surface area (Å²) >= 11 is 0. The molecule has 0 amide bonds.